The number of carbonyl (C=O) groups is 1. The number of Topliss-reactive ketones (excluding diaryl/α,β-unsaturated/α-hetero) is 1. The minimum atomic E-state index is 0.0544. The van der Waals surface area contributed by atoms with Crippen molar-refractivity contribution in [3.05, 3.63) is 46.1 Å². The lowest BCUT2D eigenvalue weighted by Gasteiger charge is -2.08. The van der Waals surface area contributed by atoms with Crippen molar-refractivity contribution in [3.63, 3.8) is 0 Å². The van der Waals surface area contributed by atoms with Gasteiger partial charge in [-0.2, -0.15) is 0 Å². The fraction of sp³-hybridized carbons (Fsp3) is 0.316. The average molecular weight is 370 g/mol. The quantitative estimate of drug-likeness (QED) is 0.377. The maximum atomic E-state index is 12.6. The zero-order chi connectivity index (χ0) is 17.4. The molecule has 0 radical (unpaired) electrons. The van der Waals surface area contributed by atoms with Crippen molar-refractivity contribution in [3.8, 4) is 5.75 Å². The van der Waals surface area contributed by atoms with Crippen LogP contribution in [0, 0.1) is 6.92 Å². The van der Waals surface area contributed by atoms with E-state index in [2.05, 4.69) is 9.97 Å². The molecule has 2 heterocycles. The Bertz CT molecular complexity index is 965. The van der Waals surface area contributed by atoms with Crippen molar-refractivity contribution >= 4 is 39.1 Å². The number of carbonyl (C=O) groups excluding carboxylic acids is 1. The molecule has 1 aliphatic carbocycles. The van der Waals surface area contributed by atoms with Gasteiger partial charge in [-0.1, -0.05) is 23.9 Å². The molecule has 2 aromatic heterocycles. The first-order valence-electron chi connectivity index (χ1n) is 8.25. The van der Waals surface area contributed by atoms with Crippen LogP contribution >= 0.6 is 23.1 Å². The van der Waals surface area contributed by atoms with E-state index in [-0.39, 0.29) is 5.78 Å². The molecule has 128 valence electrons. The lowest BCUT2D eigenvalue weighted by molar-refractivity contribution is 0.101. The Morgan fingerprint density at radius 3 is 2.96 bits per heavy atom. The van der Waals surface area contributed by atoms with E-state index in [1.165, 1.54) is 34.0 Å². The molecular weight excluding hydrogens is 352 g/mol. The van der Waals surface area contributed by atoms with E-state index in [1.807, 2.05) is 31.2 Å². The predicted molar refractivity (Wildman–Crippen MR) is 102 cm³/mol. The smallest absolute Gasteiger partial charge is 0.176 e. The highest BCUT2D eigenvalue weighted by Gasteiger charge is 2.22. The van der Waals surface area contributed by atoms with E-state index < -0.39 is 0 Å². The van der Waals surface area contributed by atoms with Gasteiger partial charge in [0.15, 0.2) is 5.78 Å². The van der Waals surface area contributed by atoms with Crippen LogP contribution in [0.1, 0.15) is 33.0 Å². The molecule has 1 aliphatic rings. The number of thiophene rings is 1. The van der Waals surface area contributed by atoms with Crippen molar-refractivity contribution in [2.75, 3.05) is 12.9 Å². The number of ether oxygens (including phenoxy) is 1. The number of hydrogen-bond acceptors (Lipinski definition) is 6. The number of ketones is 1. The summed E-state index contributed by atoms with van der Waals surface area (Å²) in [4.78, 5) is 24.4. The van der Waals surface area contributed by atoms with Gasteiger partial charge in [0.1, 0.15) is 21.4 Å². The lowest BCUT2D eigenvalue weighted by atomic mass is 10.1. The fourth-order valence-corrected chi connectivity index (χ4v) is 5.61. The largest absolute Gasteiger partial charge is 0.496 e. The molecule has 0 fully saturated rings. The SMILES string of the molecule is COc1ccccc1C(=O)CSc1nc(C)nc2sc3c(c12)CCC3. The first-order chi connectivity index (χ1) is 12.2. The van der Waals surface area contributed by atoms with Gasteiger partial charge in [-0.15, -0.1) is 11.3 Å². The van der Waals surface area contributed by atoms with E-state index >= 15 is 0 Å². The number of para-hydroxylation sites is 1. The second kappa shape index (κ2) is 6.77. The Hall–Kier alpha value is -1.92. The molecular formula is C19H18N2O2S2. The van der Waals surface area contributed by atoms with Crippen molar-refractivity contribution in [1.82, 2.24) is 9.97 Å². The molecule has 0 unspecified atom stereocenters. The van der Waals surface area contributed by atoms with E-state index in [1.54, 1.807) is 18.4 Å². The van der Waals surface area contributed by atoms with Crippen LogP contribution < -0.4 is 4.74 Å². The maximum Gasteiger partial charge on any atom is 0.176 e. The van der Waals surface area contributed by atoms with Gasteiger partial charge in [0.05, 0.1) is 18.4 Å². The second-order valence-corrected chi connectivity index (χ2v) is 8.07. The molecule has 0 saturated heterocycles. The molecule has 0 bridgehead atoms. The van der Waals surface area contributed by atoms with E-state index in [0.29, 0.717) is 17.1 Å². The Morgan fingerprint density at radius 2 is 2.12 bits per heavy atom. The third-order valence-electron chi connectivity index (χ3n) is 4.39. The van der Waals surface area contributed by atoms with Crippen LogP contribution in [0.4, 0.5) is 0 Å². The highest BCUT2D eigenvalue weighted by molar-refractivity contribution is 8.00. The van der Waals surface area contributed by atoms with Crippen LogP contribution in [0.5, 0.6) is 5.75 Å². The van der Waals surface area contributed by atoms with E-state index in [4.69, 9.17) is 4.74 Å². The summed E-state index contributed by atoms with van der Waals surface area (Å²) in [5.41, 5.74) is 2.02. The monoisotopic (exact) mass is 370 g/mol. The normalized spacial score (nSPS) is 13.2. The zero-order valence-electron chi connectivity index (χ0n) is 14.2. The summed E-state index contributed by atoms with van der Waals surface area (Å²) in [6, 6.07) is 7.36. The highest BCUT2D eigenvalue weighted by atomic mass is 32.2. The lowest BCUT2D eigenvalue weighted by Crippen LogP contribution is -2.05. The third-order valence-corrected chi connectivity index (χ3v) is 6.55. The molecule has 0 amide bonds. The minimum absolute atomic E-state index is 0.0544. The number of benzene rings is 1. The molecule has 25 heavy (non-hydrogen) atoms. The van der Waals surface area contributed by atoms with Gasteiger partial charge in [-0.05, 0) is 43.9 Å². The number of hydrogen-bond donors (Lipinski definition) is 0. The number of thioether (sulfide) groups is 1. The zero-order valence-corrected chi connectivity index (χ0v) is 15.8. The number of rotatable bonds is 5. The number of fused-ring (bicyclic) bond motifs is 3. The maximum absolute atomic E-state index is 12.6. The molecule has 3 aromatic rings. The Balaban J connectivity index is 1.64. The molecule has 1 aromatic carbocycles. The van der Waals surface area contributed by atoms with E-state index in [9.17, 15) is 4.79 Å². The molecule has 0 spiro atoms. The Morgan fingerprint density at radius 1 is 1.28 bits per heavy atom. The molecule has 0 saturated carbocycles. The van der Waals surface area contributed by atoms with Gasteiger partial charge < -0.3 is 4.74 Å². The molecule has 6 heteroatoms. The fourth-order valence-electron chi connectivity index (χ4n) is 3.26. The summed E-state index contributed by atoms with van der Waals surface area (Å²) < 4.78 is 5.30. The van der Waals surface area contributed by atoms with Crippen LogP contribution in [0.2, 0.25) is 0 Å². The summed E-state index contributed by atoms with van der Waals surface area (Å²) in [6.07, 6.45) is 3.44. The highest BCUT2D eigenvalue weighted by Crippen LogP contribution is 2.40. The first kappa shape index (κ1) is 16.5. The Kier molecular flexibility index (Phi) is 4.48. The second-order valence-electron chi connectivity index (χ2n) is 6.03. The minimum Gasteiger partial charge on any atom is -0.496 e. The standard InChI is InChI=1S/C19H18N2O2S2/c1-11-20-18(17-13-7-5-9-16(13)25-19(17)21-11)24-10-14(22)12-6-3-4-8-15(12)23-2/h3-4,6,8H,5,7,9-10H2,1-2H3. The molecule has 0 atom stereocenters. The number of methoxy groups -OCH3 is 1. The summed E-state index contributed by atoms with van der Waals surface area (Å²) in [7, 11) is 1.59. The average Bonchev–Trinajstić information content (AvgIpc) is 3.19. The van der Waals surface area contributed by atoms with Gasteiger partial charge in [0.25, 0.3) is 0 Å². The van der Waals surface area contributed by atoms with E-state index in [0.717, 1.165) is 28.5 Å². The Labute approximate surface area is 154 Å². The van der Waals surface area contributed by atoms with Crippen molar-refractivity contribution in [2.45, 2.75) is 31.2 Å². The van der Waals surface area contributed by atoms with Crippen molar-refractivity contribution in [2.24, 2.45) is 0 Å². The van der Waals surface area contributed by atoms with Crippen molar-refractivity contribution < 1.29 is 9.53 Å². The summed E-state index contributed by atoms with van der Waals surface area (Å²) >= 11 is 3.29. The molecule has 0 aliphatic heterocycles. The van der Waals surface area contributed by atoms with Crippen LogP contribution in [0.25, 0.3) is 10.2 Å². The number of aromatic nitrogens is 2. The molecule has 4 nitrogen and oxygen atoms in total. The third kappa shape index (κ3) is 3.04. The van der Waals surface area contributed by atoms with Crippen molar-refractivity contribution in [1.29, 1.82) is 0 Å². The predicted octanol–water partition coefficient (Wildman–Crippen LogP) is 4.47. The van der Waals surface area contributed by atoms with Crippen LogP contribution in [0.3, 0.4) is 0 Å². The topological polar surface area (TPSA) is 52.1 Å². The summed E-state index contributed by atoms with van der Waals surface area (Å²) in [5.74, 6) is 1.78. The first-order valence-corrected chi connectivity index (χ1v) is 10.1. The number of nitrogens with zero attached hydrogens (tertiary/aromatic N) is 2. The molecule has 0 N–H and O–H groups in total. The summed E-state index contributed by atoms with van der Waals surface area (Å²) in [6.45, 7) is 1.91. The van der Waals surface area contributed by atoms with Gasteiger partial charge in [-0.3, -0.25) is 4.79 Å². The van der Waals surface area contributed by atoms with Gasteiger partial charge >= 0.3 is 0 Å². The van der Waals surface area contributed by atoms with Crippen LogP contribution in [0.15, 0.2) is 29.3 Å². The molecule has 4 rings (SSSR count). The van der Waals surface area contributed by atoms with Crippen LogP contribution in [-0.4, -0.2) is 28.6 Å². The van der Waals surface area contributed by atoms with Gasteiger partial charge in [-0.25, -0.2) is 9.97 Å². The van der Waals surface area contributed by atoms with Gasteiger partial charge in [0, 0.05) is 10.3 Å². The van der Waals surface area contributed by atoms with Crippen LogP contribution in [-0.2, 0) is 12.8 Å². The number of aryl methyl sites for hydroxylation is 3. The van der Waals surface area contributed by atoms with Gasteiger partial charge in [0.2, 0.25) is 0 Å². The summed E-state index contributed by atoms with van der Waals surface area (Å²) in [5, 5.41) is 2.10.